The fraction of sp³-hybridized carbons (Fsp3) is 0.250. The van der Waals surface area contributed by atoms with E-state index in [2.05, 4.69) is 15.6 Å². The van der Waals surface area contributed by atoms with E-state index in [0.717, 1.165) is 17.7 Å². The lowest BCUT2D eigenvalue weighted by Gasteiger charge is -2.50. The number of urea groups is 1. The first-order valence-electron chi connectivity index (χ1n) is 9.29. The highest BCUT2D eigenvalue weighted by atomic mass is 19.4. The molecular formula is C20H16F3N5O2. The van der Waals surface area contributed by atoms with Gasteiger partial charge in [-0.3, -0.25) is 20.0 Å². The van der Waals surface area contributed by atoms with Crippen LogP contribution in [-0.2, 0) is 17.5 Å². The Balaban J connectivity index is 1.66. The van der Waals surface area contributed by atoms with E-state index in [1.807, 2.05) is 30.3 Å². The Kier molecular flexibility index (Phi) is 3.83. The van der Waals surface area contributed by atoms with Crippen molar-refractivity contribution < 1.29 is 22.8 Å². The zero-order valence-corrected chi connectivity index (χ0v) is 15.5. The number of alkyl halides is 3. The molecule has 2 fully saturated rings. The first-order chi connectivity index (χ1) is 14.3. The van der Waals surface area contributed by atoms with Crippen molar-refractivity contribution in [2.45, 2.75) is 18.4 Å². The summed E-state index contributed by atoms with van der Waals surface area (Å²) in [7, 11) is 0. The number of hydrogen-bond acceptors (Lipinski definition) is 4. The molecule has 30 heavy (non-hydrogen) atoms. The molecule has 2 saturated heterocycles. The molecule has 154 valence electrons. The second kappa shape index (κ2) is 6.22. The van der Waals surface area contributed by atoms with E-state index in [4.69, 9.17) is 0 Å². The van der Waals surface area contributed by atoms with Crippen LogP contribution in [0.25, 0.3) is 0 Å². The monoisotopic (exact) mass is 418 g/mol. The van der Waals surface area contributed by atoms with Crippen LogP contribution in [0.2, 0.25) is 0 Å². The van der Waals surface area contributed by atoms with E-state index < -0.39 is 29.3 Å². The summed E-state index contributed by atoms with van der Waals surface area (Å²) in [6.07, 6.45) is -4.53. The third kappa shape index (κ3) is 2.56. The van der Waals surface area contributed by atoms with Crippen LogP contribution in [0.1, 0.15) is 11.1 Å². The number of aliphatic imine (C=N–C) groups is 1. The van der Waals surface area contributed by atoms with Crippen molar-refractivity contribution in [1.82, 2.24) is 10.2 Å². The predicted octanol–water partition coefficient (Wildman–Crippen LogP) is 2.80. The number of halogens is 3. The number of carbonyl (C=O) groups excluding carboxylic acids is 2. The number of amidine groups is 1. The Morgan fingerprint density at radius 2 is 1.83 bits per heavy atom. The molecule has 0 aromatic heterocycles. The van der Waals surface area contributed by atoms with Gasteiger partial charge in [0, 0.05) is 13.1 Å². The molecule has 2 aromatic carbocycles. The number of nitrogens with one attached hydrogen (secondary N) is 2. The second-order valence-electron chi connectivity index (χ2n) is 7.25. The number of benzene rings is 2. The molecule has 3 heterocycles. The Bertz CT molecular complexity index is 1090. The number of amides is 3. The second-order valence-corrected chi connectivity index (χ2v) is 7.25. The lowest BCUT2D eigenvalue weighted by molar-refractivity contribution is -0.137. The van der Waals surface area contributed by atoms with Crippen LogP contribution < -0.4 is 15.5 Å². The number of piperazine rings is 1. The number of nitrogens with zero attached hydrogens (tertiary/aromatic N) is 3. The highest BCUT2D eigenvalue weighted by Crippen LogP contribution is 2.44. The molecule has 0 radical (unpaired) electrons. The van der Waals surface area contributed by atoms with Crippen LogP contribution in [0.4, 0.5) is 29.3 Å². The summed E-state index contributed by atoms with van der Waals surface area (Å²) in [5.74, 6) is -0.375. The summed E-state index contributed by atoms with van der Waals surface area (Å²) >= 11 is 0. The van der Waals surface area contributed by atoms with Crippen molar-refractivity contribution in [1.29, 1.82) is 0 Å². The number of anilines is 2. The Hall–Kier alpha value is -3.56. The minimum Gasteiger partial charge on any atom is -0.347 e. The largest absolute Gasteiger partial charge is 0.416 e. The molecular weight excluding hydrogens is 402 g/mol. The maximum Gasteiger partial charge on any atom is 0.416 e. The first-order valence-corrected chi connectivity index (χ1v) is 9.29. The summed E-state index contributed by atoms with van der Waals surface area (Å²) in [6.45, 7) is 0.771. The predicted molar refractivity (Wildman–Crippen MR) is 103 cm³/mol. The normalized spacial score (nSPS) is 23.8. The molecule has 2 N–H and O–H groups in total. The van der Waals surface area contributed by atoms with Crippen molar-refractivity contribution >= 4 is 29.1 Å². The van der Waals surface area contributed by atoms with Gasteiger partial charge >= 0.3 is 12.2 Å². The molecule has 7 nitrogen and oxygen atoms in total. The molecule has 1 spiro atoms. The summed E-state index contributed by atoms with van der Waals surface area (Å²) < 4.78 is 39.7. The van der Waals surface area contributed by atoms with Gasteiger partial charge in [0.2, 0.25) is 0 Å². The Labute approximate surface area is 169 Å². The van der Waals surface area contributed by atoms with Crippen LogP contribution >= 0.6 is 0 Å². The third-order valence-electron chi connectivity index (χ3n) is 5.51. The molecule has 0 aliphatic carbocycles. The van der Waals surface area contributed by atoms with E-state index >= 15 is 0 Å². The molecule has 5 rings (SSSR count). The Morgan fingerprint density at radius 1 is 1.07 bits per heavy atom. The topological polar surface area (TPSA) is 77.0 Å². The van der Waals surface area contributed by atoms with Gasteiger partial charge in [-0.1, -0.05) is 30.3 Å². The highest BCUT2D eigenvalue weighted by molar-refractivity contribution is 6.29. The molecule has 10 heteroatoms. The average Bonchev–Trinajstić information content (AvgIpc) is 2.94. The van der Waals surface area contributed by atoms with Gasteiger partial charge in [0.15, 0.2) is 5.84 Å². The van der Waals surface area contributed by atoms with Crippen molar-refractivity contribution in [2.24, 2.45) is 4.99 Å². The number of imide groups is 1. The zero-order chi connectivity index (χ0) is 21.1. The van der Waals surface area contributed by atoms with Gasteiger partial charge in [-0.2, -0.15) is 13.2 Å². The number of rotatable bonds is 2. The number of fused-ring (bicyclic) bond motifs is 3. The van der Waals surface area contributed by atoms with Gasteiger partial charge < -0.3 is 10.2 Å². The maximum atomic E-state index is 13.2. The standard InChI is InChI=1S/C20H16F3N5O2/c21-20(22,23)13-6-7-15-14(10-13)26-19-16(24-11-12-4-2-1-3-5-12)27(15)8-9-28(19)18(30)25-17(19)29/h1-7,10,26H,8-9,11H2,(H,25,29,30)/i16+1,17+1,24+1. The van der Waals surface area contributed by atoms with Crippen LogP contribution in [0, 0.1) is 0 Å². The van der Waals surface area contributed by atoms with E-state index in [0.29, 0.717) is 12.2 Å². The van der Waals surface area contributed by atoms with Crippen LogP contribution in [0.15, 0.2) is 53.5 Å². The van der Waals surface area contributed by atoms with Gasteiger partial charge in [-0.15, -0.1) is 0 Å². The lowest BCUT2D eigenvalue weighted by atomic mass is 10.1. The van der Waals surface area contributed by atoms with Gasteiger partial charge in [0.05, 0.1) is 23.5 Å². The SMILES string of the molecule is O=C1N[13C](=O)C23Nc4cc(C(F)(F)F)ccc4N(CCN12)[13C]3=[15N]Cc1ccccc1. The fourth-order valence-electron chi connectivity index (χ4n) is 4.13. The first kappa shape index (κ1) is 18.5. The molecule has 3 aliphatic rings. The van der Waals surface area contributed by atoms with E-state index in [-0.39, 0.29) is 24.6 Å². The number of hydrogen-bond donors (Lipinski definition) is 2. The lowest BCUT2D eigenvalue weighted by Crippen LogP contribution is -2.72. The quantitative estimate of drug-likeness (QED) is 0.447. The average molecular weight is 418 g/mol. The van der Waals surface area contributed by atoms with Gasteiger partial charge in [-0.25, -0.2) is 4.79 Å². The van der Waals surface area contributed by atoms with E-state index in [9.17, 15) is 22.8 Å². The van der Waals surface area contributed by atoms with Gasteiger partial charge in [0.25, 0.3) is 11.6 Å². The number of carbonyl (C=O) groups is 2. The van der Waals surface area contributed by atoms with Gasteiger partial charge in [-0.05, 0) is 23.8 Å². The third-order valence-corrected chi connectivity index (χ3v) is 5.51. The van der Waals surface area contributed by atoms with Crippen LogP contribution in [0.3, 0.4) is 0 Å². The molecule has 3 aliphatic heterocycles. The molecule has 1 unspecified atom stereocenters. The summed E-state index contributed by atoms with van der Waals surface area (Å²) in [5, 5.41) is 5.17. The molecule has 2 aromatic rings. The van der Waals surface area contributed by atoms with Gasteiger partial charge in [0.1, 0.15) is 0 Å². The van der Waals surface area contributed by atoms with E-state index in [1.165, 1.54) is 11.0 Å². The molecule has 0 saturated carbocycles. The Morgan fingerprint density at radius 3 is 2.57 bits per heavy atom. The zero-order valence-electron chi connectivity index (χ0n) is 15.5. The van der Waals surface area contributed by atoms with Crippen molar-refractivity contribution in [3.8, 4) is 0 Å². The molecule has 3 amide bonds. The van der Waals surface area contributed by atoms with Crippen LogP contribution in [-0.4, -0.2) is 41.4 Å². The van der Waals surface area contributed by atoms with Crippen molar-refractivity contribution in [3.63, 3.8) is 0 Å². The minimum absolute atomic E-state index is 0.123. The summed E-state index contributed by atoms with van der Waals surface area (Å²) in [6, 6.07) is 12.1. The van der Waals surface area contributed by atoms with Crippen molar-refractivity contribution in [3.05, 3.63) is 59.7 Å². The van der Waals surface area contributed by atoms with Crippen LogP contribution in [0.5, 0.6) is 0 Å². The minimum atomic E-state index is -4.53. The molecule has 1 atom stereocenters. The summed E-state index contributed by atoms with van der Waals surface area (Å²) in [4.78, 5) is 32.9. The summed E-state index contributed by atoms with van der Waals surface area (Å²) in [5.41, 5.74) is -1.02. The van der Waals surface area contributed by atoms with E-state index in [1.54, 1.807) is 4.90 Å². The smallest absolute Gasteiger partial charge is 0.347 e. The molecule has 2 bridgehead atoms. The highest BCUT2D eigenvalue weighted by Gasteiger charge is 2.63. The maximum absolute atomic E-state index is 13.2. The fourth-order valence-corrected chi connectivity index (χ4v) is 4.13. The van der Waals surface area contributed by atoms with Crippen molar-refractivity contribution in [2.75, 3.05) is 23.3 Å².